The summed E-state index contributed by atoms with van der Waals surface area (Å²) < 4.78 is 26.3. The van der Waals surface area contributed by atoms with Crippen LogP contribution in [0.1, 0.15) is 0 Å². The maximum Gasteiger partial charge on any atom is 0.352 e. The fourth-order valence-electron chi connectivity index (χ4n) is 4.23. The van der Waals surface area contributed by atoms with Crippen molar-refractivity contribution >= 4 is 92.1 Å². The fourth-order valence-corrected chi connectivity index (χ4v) is 9.47. The number of nitrogens with zero attached hydrogens (tertiary/aromatic N) is 2. The molecule has 1 fully saturated rings. The third-order valence-corrected chi connectivity index (χ3v) is 12.2. The van der Waals surface area contributed by atoms with Gasteiger partial charge >= 0.3 is 11.9 Å². The zero-order valence-corrected chi connectivity index (χ0v) is 26.7. The third-order valence-electron chi connectivity index (χ3n) is 6.19. The maximum absolute atomic E-state index is 13.0. The SMILES string of the molecule is O=C(O)CS(=O)(=O)c1cc(Cl)c(SCC(=O)N[C@H]2C(=O)N3C(C(=O)O)=C(CSc4cc[n+](CCO)cc4)CS[C@H]23)cc1Cl. The van der Waals surface area contributed by atoms with Crippen LogP contribution >= 0.6 is 58.5 Å². The van der Waals surface area contributed by atoms with Gasteiger partial charge < -0.3 is 20.6 Å². The molecular weight excluding hydrogens is 685 g/mol. The van der Waals surface area contributed by atoms with Crippen LogP contribution < -0.4 is 9.88 Å². The molecule has 4 rings (SSSR count). The number of carboxylic acid groups (broad SMARTS) is 2. The molecule has 2 atom stereocenters. The van der Waals surface area contributed by atoms with E-state index in [2.05, 4.69) is 5.32 Å². The van der Waals surface area contributed by atoms with Crippen molar-refractivity contribution in [2.45, 2.75) is 32.6 Å². The van der Waals surface area contributed by atoms with Crippen molar-refractivity contribution in [2.24, 2.45) is 0 Å². The number of sulfone groups is 1. The number of aliphatic carboxylic acids is 2. The first-order valence-corrected chi connectivity index (χ1v) is 17.7. The number of aliphatic hydroxyl groups excluding tert-OH is 1. The van der Waals surface area contributed by atoms with Crippen LogP contribution in [0.5, 0.6) is 0 Å². The number of hydrogen-bond acceptors (Lipinski definition) is 10. The highest BCUT2D eigenvalue weighted by Crippen LogP contribution is 2.42. The number of nitrogens with one attached hydrogen (secondary N) is 1. The van der Waals surface area contributed by atoms with Gasteiger partial charge in [-0.1, -0.05) is 23.2 Å². The Labute approximate surface area is 268 Å². The number of rotatable bonds is 13. The molecule has 0 aliphatic carbocycles. The van der Waals surface area contributed by atoms with Crippen molar-refractivity contribution in [2.75, 3.05) is 29.6 Å². The topological polar surface area (TPSA) is 182 Å². The molecule has 0 radical (unpaired) electrons. The number of aliphatic hydroxyl groups is 1. The van der Waals surface area contributed by atoms with Gasteiger partial charge in [0.1, 0.15) is 23.7 Å². The largest absolute Gasteiger partial charge is 0.480 e. The second-order valence-electron chi connectivity index (χ2n) is 9.15. The van der Waals surface area contributed by atoms with Gasteiger partial charge in [-0.15, -0.1) is 35.3 Å². The minimum absolute atomic E-state index is 0.0113. The van der Waals surface area contributed by atoms with Crippen molar-refractivity contribution in [1.29, 1.82) is 0 Å². The lowest BCUT2D eigenvalue weighted by Crippen LogP contribution is -2.70. The number of benzene rings is 1. The number of amides is 2. The van der Waals surface area contributed by atoms with Crippen molar-refractivity contribution in [3.8, 4) is 0 Å². The van der Waals surface area contributed by atoms with Gasteiger partial charge in [-0.2, -0.15) is 0 Å². The average Bonchev–Trinajstić information content (AvgIpc) is 2.94. The lowest BCUT2D eigenvalue weighted by Gasteiger charge is -2.49. The number of carboxylic acids is 2. The highest BCUT2D eigenvalue weighted by atomic mass is 35.5. The minimum Gasteiger partial charge on any atom is -0.480 e. The highest BCUT2D eigenvalue weighted by Gasteiger charge is 2.54. The van der Waals surface area contributed by atoms with Gasteiger partial charge in [0.05, 0.1) is 20.7 Å². The number of halogens is 2. The van der Waals surface area contributed by atoms with Crippen LogP contribution in [0.25, 0.3) is 0 Å². The van der Waals surface area contributed by atoms with E-state index in [1.807, 2.05) is 29.1 Å². The molecular formula is C25H24Cl2N3O9S4+. The van der Waals surface area contributed by atoms with Crippen molar-refractivity contribution in [3.63, 3.8) is 0 Å². The van der Waals surface area contributed by atoms with E-state index in [0.29, 0.717) is 23.6 Å². The number of thioether (sulfide) groups is 3. The van der Waals surface area contributed by atoms with Gasteiger partial charge in [0, 0.05) is 33.4 Å². The van der Waals surface area contributed by atoms with Crippen LogP contribution in [-0.2, 0) is 35.6 Å². The first-order chi connectivity index (χ1) is 20.3. The molecule has 1 saturated heterocycles. The van der Waals surface area contributed by atoms with E-state index in [1.165, 1.54) is 34.5 Å². The Bertz CT molecular complexity index is 1600. The summed E-state index contributed by atoms with van der Waals surface area (Å²) in [7, 11) is -4.23. The summed E-state index contributed by atoms with van der Waals surface area (Å²) in [4.78, 5) is 50.6. The van der Waals surface area contributed by atoms with Crippen LogP contribution in [0.15, 0.2) is 62.6 Å². The van der Waals surface area contributed by atoms with Crippen molar-refractivity contribution in [1.82, 2.24) is 10.2 Å². The summed E-state index contributed by atoms with van der Waals surface area (Å²) in [6.45, 7) is 0.472. The predicted octanol–water partition coefficient (Wildman–Crippen LogP) is 1.75. The van der Waals surface area contributed by atoms with Crippen LogP contribution in [0.2, 0.25) is 10.0 Å². The van der Waals surface area contributed by atoms with E-state index in [1.54, 1.807) is 0 Å². The molecule has 2 aliphatic rings. The van der Waals surface area contributed by atoms with E-state index >= 15 is 0 Å². The molecule has 1 aromatic heterocycles. The number of hydrogen-bond donors (Lipinski definition) is 4. The van der Waals surface area contributed by atoms with Crippen LogP contribution in [0, 0.1) is 0 Å². The molecule has 0 unspecified atom stereocenters. The van der Waals surface area contributed by atoms with Gasteiger partial charge in [-0.25, -0.2) is 17.8 Å². The van der Waals surface area contributed by atoms with Crippen LogP contribution in [0.3, 0.4) is 0 Å². The maximum atomic E-state index is 13.0. The van der Waals surface area contributed by atoms with E-state index in [-0.39, 0.29) is 33.0 Å². The zero-order chi connectivity index (χ0) is 31.5. The van der Waals surface area contributed by atoms with Crippen LogP contribution in [0.4, 0.5) is 0 Å². The molecule has 230 valence electrons. The van der Waals surface area contributed by atoms with Gasteiger partial charge in [0.25, 0.3) is 5.91 Å². The summed E-state index contributed by atoms with van der Waals surface area (Å²) >= 11 is 15.9. The number of fused-ring (bicyclic) bond motifs is 1. The molecule has 4 N–H and O–H groups in total. The van der Waals surface area contributed by atoms with E-state index in [0.717, 1.165) is 22.7 Å². The number of aromatic nitrogens is 1. The smallest absolute Gasteiger partial charge is 0.352 e. The quantitative estimate of drug-likeness (QED) is 0.135. The average molecular weight is 710 g/mol. The molecule has 18 heteroatoms. The molecule has 43 heavy (non-hydrogen) atoms. The molecule has 3 heterocycles. The molecule has 2 aromatic rings. The summed E-state index contributed by atoms with van der Waals surface area (Å²) in [5, 5.41) is 29.5. The third kappa shape index (κ3) is 7.79. The predicted molar refractivity (Wildman–Crippen MR) is 161 cm³/mol. The standard InChI is InChI=1S/C25H23Cl2N3O9S4/c26-15-8-18(43(38,39)12-20(33)34)16(27)7-17(15)41-11-19(32)28-21-23(35)30-22(25(36)37)13(10-42-24(21)30)9-40-14-1-3-29(4-2-14)5-6-31/h1-4,7-8,21,24,31H,5-6,9-12H2,(H2-,28,32,33,34,36,37)/p+1/t21-,24+/m0/s1. The Balaban J connectivity index is 1.37. The molecule has 0 saturated carbocycles. The molecule has 0 bridgehead atoms. The highest BCUT2D eigenvalue weighted by molar-refractivity contribution is 8.01. The minimum atomic E-state index is -4.23. The number of pyridine rings is 1. The first kappa shape index (κ1) is 33.4. The van der Waals surface area contributed by atoms with E-state index in [4.69, 9.17) is 33.4 Å². The Hall–Kier alpha value is -2.47. The Morgan fingerprint density at radius 2 is 1.81 bits per heavy atom. The second kappa shape index (κ2) is 14.1. The molecule has 0 spiro atoms. The van der Waals surface area contributed by atoms with Crippen molar-refractivity contribution < 1.29 is 47.5 Å². The lowest BCUT2D eigenvalue weighted by atomic mass is 10.0. The number of β-lactam (4-membered cyclic amide) rings is 1. The summed E-state index contributed by atoms with van der Waals surface area (Å²) in [6, 6.07) is 5.02. The zero-order valence-electron chi connectivity index (χ0n) is 21.9. The van der Waals surface area contributed by atoms with Gasteiger partial charge in [0.15, 0.2) is 34.5 Å². The molecule has 1 aromatic carbocycles. The lowest BCUT2D eigenvalue weighted by molar-refractivity contribution is -0.698. The first-order valence-electron chi connectivity index (χ1n) is 12.3. The summed E-state index contributed by atoms with van der Waals surface area (Å²) in [6.07, 6.45) is 3.62. The molecule has 12 nitrogen and oxygen atoms in total. The Kier molecular flexibility index (Phi) is 11.0. The van der Waals surface area contributed by atoms with Gasteiger partial charge in [-0.3, -0.25) is 19.3 Å². The Morgan fingerprint density at radius 3 is 2.44 bits per heavy atom. The normalized spacial score (nSPS) is 18.2. The number of carbonyl (C=O) groups is 4. The van der Waals surface area contributed by atoms with Crippen LogP contribution in [-0.4, -0.2) is 93.4 Å². The van der Waals surface area contributed by atoms with Crippen molar-refractivity contribution in [3.05, 3.63) is 58.0 Å². The molecule has 2 aliphatic heterocycles. The fraction of sp³-hybridized carbons (Fsp3) is 0.320. The van der Waals surface area contributed by atoms with E-state index < -0.39 is 55.7 Å². The van der Waals surface area contributed by atoms with Gasteiger partial charge in [0.2, 0.25) is 5.91 Å². The van der Waals surface area contributed by atoms with Gasteiger partial charge in [-0.05, 0) is 17.7 Å². The Morgan fingerprint density at radius 1 is 1.12 bits per heavy atom. The van der Waals surface area contributed by atoms with E-state index in [9.17, 15) is 32.7 Å². The summed E-state index contributed by atoms with van der Waals surface area (Å²) in [5.74, 6) is -4.54. The summed E-state index contributed by atoms with van der Waals surface area (Å²) in [5.41, 5.74) is 0.492. The molecule has 2 amide bonds. The monoisotopic (exact) mass is 708 g/mol. The second-order valence-corrected chi connectivity index (χ2v) is 15.1. The number of carbonyl (C=O) groups excluding carboxylic acids is 2.